The number of amides is 1. The summed E-state index contributed by atoms with van der Waals surface area (Å²) in [7, 11) is 0. The number of nitrogens with one attached hydrogen (secondary N) is 1. The maximum absolute atomic E-state index is 11.2. The van der Waals surface area contributed by atoms with Crippen LogP contribution in [0.3, 0.4) is 0 Å². The van der Waals surface area contributed by atoms with Gasteiger partial charge in [-0.3, -0.25) is 9.48 Å². The third-order valence-electron chi connectivity index (χ3n) is 1.36. The van der Waals surface area contributed by atoms with Crippen molar-refractivity contribution in [2.24, 2.45) is 0 Å². The van der Waals surface area contributed by atoms with Crippen LogP contribution < -0.4 is 5.32 Å². The molecule has 0 spiro atoms. The smallest absolute Gasteiger partial charge is 0.241 e. The van der Waals surface area contributed by atoms with Crippen LogP contribution in [0.2, 0.25) is 0 Å². The lowest BCUT2D eigenvalue weighted by Gasteiger charge is -2.07. The first-order valence-corrected chi connectivity index (χ1v) is 4.84. The van der Waals surface area contributed by atoms with Crippen LogP contribution in [0, 0.1) is 0 Å². The summed E-state index contributed by atoms with van der Waals surface area (Å²) in [6.07, 6.45) is 3.42. The highest BCUT2D eigenvalue weighted by Crippen LogP contribution is 2.05. The summed E-state index contributed by atoms with van der Waals surface area (Å²) in [6, 6.07) is 0.173. The topological polar surface area (TPSA) is 46.9 Å². The summed E-state index contributed by atoms with van der Waals surface area (Å²) < 4.78 is 2.46. The normalized spacial score (nSPS) is 10.5. The summed E-state index contributed by atoms with van der Waals surface area (Å²) in [5, 5.41) is 6.76. The van der Waals surface area contributed by atoms with E-state index in [-0.39, 0.29) is 18.5 Å². The lowest BCUT2D eigenvalue weighted by Crippen LogP contribution is -2.33. The Balaban J connectivity index is 2.45. The minimum absolute atomic E-state index is 0.0226. The van der Waals surface area contributed by atoms with Gasteiger partial charge in [0, 0.05) is 12.2 Å². The molecule has 1 rings (SSSR count). The van der Waals surface area contributed by atoms with E-state index in [9.17, 15) is 4.79 Å². The first-order chi connectivity index (χ1) is 6.08. The van der Waals surface area contributed by atoms with Gasteiger partial charge in [0.15, 0.2) is 0 Å². The summed E-state index contributed by atoms with van der Waals surface area (Å²) >= 11 is 3.26. The highest BCUT2D eigenvalue weighted by molar-refractivity contribution is 9.10. The van der Waals surface area contributed by atoms with Crippen molar-refractivity contribution in [3.63, 3.8) is 0 Å². The molecule has 4 nitrogen and oxygen atoms in total. The van der Waals surface area contributed by atoms with Crippen LogP contribution in [0.1, 0.15) is 13.8 Å². The highest BCUT2D eigenvalue weighted by atomic mass is 79.9. The molecule has 0 unspecified atom stereocenters. The van der Waals surface area contributed by atoms with Crippen LogP contribution in [-0.4, -0.2) is 21.7 Å². The van der Waals surface area contributed by atoms with E-state index in [1.165, 1.54) is 0 Å². The van der Waals surface area contributed by atoms with E-state index in [1.807, 2.05) is 13.8 Å². The van der Waals surface area contributed by atoms with Gasteiger partial charge in [-0.2, -0.15) is 5.10 Å². The van der Waals surface area contributed by atoms with E-state index in [1.54, 1.807) is 17.1 Å². The van der Waals surface area contributed by atoms with Crippen molar-refractivity contribution in [2.75, 3.05) is 0 Å². The third-order valence-corrected chi connectivity index (χ3v) is 1.77. The van der Waals surface area contributed by atoms with E-state index in [4.69, 9.17) is 0 Å². The van der Waals surface area contributed by atoms with Crippen molar-refractivity contribution in [3.05, 3.63) is 16.9 Å². The van der Waals surface area contributed by atoms with Gasteiger partial charge in [-0.05, 0) is 29.8 Å². The Bertz CT molecular complexity index is 295. The Labute approximate surface area is 85.4 Å². The maximum atomic E-state index is 11.2. The molecule has 0 aliphatic carbocycles. The minimum atomic E-state index is -0.0226. The Hall–Kier alpha value is -0.840. The van der Waals surface area contributed by atoms with E-state index < -0.39 is 0 Å². The van der Waals surface area contributed by atoms with E-state index in [0.29, 0.717) is 0 Å². The molecule has 72 valence electrons. The maximum Gasteiger partial charge on any atom is 0.241 e. The zero-order chi connectivity index (χ0) is 9.84. The molecule has 0 aliphatic heterocycles. The molecule has 1 heterocycles. The molecule has 0 saturated carbocycles. The number of rotatable bonds is 3. The molecule has 0 aromatic carbocycles. The van der Waals surface area contributed by atoms with Crippen molar-refractivity contribution < 1.29 is 4.79 Å². The Kier molecular flexibility index (Phi) is 3.48. The zero-order valence-electron chi connectivity index (χ0n) is 7.62. The average molecular weight is 246 g/mol. The fourth-order valence-corrected chi connectivity index (χ4v) is 1.27. The Morgan fingerprint density at radius 1 is 1.77 bits per heavy atom. The predicted molar refractivity (Wildman–Crippen MR) is 53.2 cm³/mol. The summed E-state index contributed by atoms with van der Waals surface area (Å²) in [6.45, 7) is 4.12. The third kappa shape index (κ3) is 3.59. The van der Waals surface area contributed by atoms with Gasteiger partial charge in [0.25, 0.3) is 0 Å². The molecule has 1 aromatic rings. The molecule has 0 fully saturated rings. The van der Waals surface area contributed by atoms with E-state index in [2.05, 4.69) is 26.3 Å². The van der Waals surface area contributed by atoms with Crippen LogP contribution in [-0.2, 0) is 11.3 Å². The van der Waals surface area contributed by atoms with Crippen molar-refractivity contribution in [3.8, 4) is 0 Å². The largest absolute Gasteiger partial charge is 0.352 e. The number of nitrogens with zero attached hydrogens (tertiary/aromatic N) is 2. The molecule has 1 amide bonds. The van der Waals surface area contributed by atoms with Crippen molar-refractivity contribution in [1.82, 2.24) is 15.1 Å². The monoisotopic (exact) mass is 245 g/mol. The van der Waals surface area contributed by atoms with Crippen LogP contribution in [0.15, 0.2) is 16.9 Å². The standard InChI is InChI=1S/C8H12BrN3O/c1-6(2)11-8(13)5-12-4-7(9)3-10-12/h3-4,6H,5H2,1-2H3,(H,11,13). The lowest BCUT2D eigenvalue weighted by atomic mass is 10.4. The first-order valence-electron chi connectivity index (χ1n) is 4.05. The number of halogens is 1. The van der Waals surface area contributed by atoms with Crippen molar-refractivity contribution in [1.29, 1.82) is 0 Å². The molecular formula is C8H12BrN3O. The quantitative estimate of drug-likeness (QED) is 0.870. The first kappa shape index (κ1) is 10.2. The minimum Gasteiger partial charge on any atom is -0.352 e. The fourth-order valence-electron chi connectivity index (χ4n) is 0.940. The number of hydrogen-bond acceptors (Lipinski definition) is 2. The zero-order valence-corrected chi connectivity index (χ0v) is 9.21. The van der Waals surface area contributed by atoms with E-state index >= 15 is 0 Å². The SMILES string of the molecule is CC(C)NC(=O)Cn1cc(Br)cn1. The van der Waals surface area contributed by atoms with Gasteiger partial charge < -0.3 is 5.32 Å². The number of carbonyl (C=O) groups excluding carboxylic acids is 1. The average Bonchev–Trinajstić information content (AvgIpc) is 2.33. The molecule has 0 bridgehead atoms. The second kappa shape index (κ2) is 4.41. The summed E-state index contributed by atoms with van der Waals surface area (Å²) in [5.74, 6) is -0.0226. The van der Waals surface area contributed by atoms with Gasteiger partial charge in [-0.25, -0.2) is 0 Å². The second-order valence-corrected chi connectivity index (χ2v) is 3.99. The predicted octanol–water partition coefficient (Wildman–Crippen LogP) is 1.17. The van der Waals surface area contributed by atoms with Crippen molar-refractivity contribution >= 4 is 21.8 Å². The van der Waals surface area contributed by atoms with Crippen LogP contribution in [0.5, 0.6) is 0 Å². The molecule has 0 saturated heterocycles. The second-order valence-electron chi connectivity index (χ2n) is 3.08. The van der Waals surface area contributed by atoms with Crippen molar-refractivity contribution in [2.45, 2.75) is 26.4 Å². The molecule has 0 radical (unpaired) electrons. The summed E-state index contributed by atoms with van der Waals surface area (Å²) in [4.78, 5) is 11.2. The molecule has 1 aromatic heterocycles. The number of aromatic nitrogens is 2. The molecular weight excluding hydrogens is 234 g/mol. The number of hydrogen-bond donors (Lipinski definition) is 1. The van der Waals surface area contributed by atoms with Gasteiger partial charge >= 0.3 is 0 Å². The molecule has 5 heteroatoms. The van der Waals surface area contributed by atoms with Gasteiger partial charge in [-0.1, -0.05) is 0 Å². The van der Waals surface area contributed by atoms with Crippen LogP contribution >= 0.6 is 15.9 Å². The van der Waals surface area contributed by atoms with Gasteiger partial charge in [0.2, 0.25) is 5.91 Å². The summed E-state index contributed by atoms with van der Waals surface area (Å²) in [5.41, 5.74) is 0. The van der Waals surface area contributed by atoms with Gasteiger partial charge in [-0.15, -0.1) is 0 Å². The fraction of sp³-hybridized carbons (Fsp3) is 0.500. The number of carbonyl (C=O) groups is 1. The Morgan fingerprint density at radius 2 is 2.46 bits per heavy atom. The molecule has 1 N–H and O–H groups in total. The highest BCUT2D eigenvalue weighted by Gasteiger charge is 2.04. The van der Waals surface area contributed by atoms with E-state index in [0.717, 1.165) is 4.47 Å². The molecule has 0 atom stereocenters. The lowest BCUT2D eigenvalue weighted by molar-refractivity contribution is -0.122. The van der Waals surface area contributed by atoms with Gasteiger partial charge in [0.05, 0.1) is 10.7 Å². The van der Waals surface area contributed by atoms with Crippen LogP contribution in [0.25, 0.3) is 0 Å². The molecule has 0 aliphatic rings. The van der Waals surface area contributed by atoms with Gasteiger partial charge in [0.1, 0.15) is 6.54 Å². The Morgan fingerprint density at radius 3 is 2.92 bits per heavy atom. The van der Waals surface area contributed by atoms with Crippen LogP contribution in [0.4, 0.5) is 0 Å². The molecule has 13 heavy (non-hydrogen) atoms.